The summed E-state index contributed by atoms with van der Waals surface area (Å²) in [4.78, 5) is 23.8. The number of carbonyl (C=O) groups is 1. The van der Waals surface area contributed by atoms with Crippen molar-refractivity contribution in [1.29, 1.82) is 0 Å². The van der Waals surface area contributed by atoms with Gasteiger partial charge < -0.3 is 5.32 Å². The fourth-order valence-electron chi connectivity index (χ4n) is 3.39. The molecule has 1 amide bonds. The summed E-state index contributed by atoms with van der Waals surface area (Å²) in [7, 11) is 0. The van der Waals surface area contributed by atoms with Crippen molar-refractivity contribution in [3.63, 3.8) is 0 Å². The molecule has 1 aliphatic carbocycles. The van der Waals surface area contributed by atoms with Crippen molar-refractivity contribution in [2.45, 2.75) is 38.1 Å². The molecule has 1 aliphatic rings. The summed E-state index contributed by atoms with van der Waals surface area (Å²) in [6.07, 6.45) is 5.06. The summed E-state index contributed by atoms with van der Waals surface area (Å²) >= 11 is 3.30. The third-order valence-corrected chi connectivity index (χ3v) is 6.97. The lowest BCUT2D eigenvalue weighted by Gasteiger charge is -2.18. The van der Waals surface area contributed by atoms with E-state index in [1.165, 1.54) is 34.0 Å². The molecule has 4 rings (SSSR count). The number of aromatic nitrogens is 2. The molecule has 2 heterocycles. The zero-order valence-corrected chi connectivity index (χ0v) is 16.5. The van der Waals surface area contributed by atoms with Gasteiger partial charge >= 0.3 is 0 Å². The topological polar surface area (TPSA) is 54.9 Å². The van der Waals surface area contributed by atoms with Gasteiger partial charge in [-0.15, -0.1) is 11.3 Å². The number of anilines is 1. The normalized spacial score (nSPS) is 16.5. The zero-order valence-electron chi connectivity index (χ0n) is 14.9. The molecular formula is C20H21N3OS2. The van der Waals surface area contributed by atoms with E-state index in [2.05, 4.69) is 22.2 Å². The van der Waals surface area contributed by atoms with Gasteiger partial charge in [-0.25, -0.2) is 9.97 Å². The molecule has 0 saturated carbocycles. The number of hydrogen-bond donors (Lipinski definition) is 1. The number of nitrogens with zero attached hydrogens (tertiary/aromatic N) is 2. The number of nitrogens with one attached hydrogen (secondary N) is 1. The minimum atomic E-state index is -0.00576. The Hall–Kier alpha value is -1.92. The average molecular weight is 384 g/mol. The van der Waals surface area contributed by atoms with Gasteiger partial charge in [0.1, 0.15) is 16.2 Å². The summed E-state index contributed by atoms with van der Waals surface area (Å²) in [5.74, 6) is 1.08. The molecule has 134 valence electrons. The lowest BCUT2D eigenvalue weighted by molar-refractivity contribution is -0.113. The van der Waals surface area contributed by atoms with Gasteiger partial charge in [0.2, 0.25) is 5.91 Å². The Kier molecular flexibility index (Phi) is 4.96. The van der Waals surface area contributed by atoms with Gasteiger partial charge in [-0.2, -0.15) is 0 Å². The molecule has 1 N–H and O–H groups in total. The summed E-state index contributed by atoms with van der Waals surface area (Å²) in [5, 5.41) is 5.10. The molecule has 4 nitrogen and oxygen atoms in total. The number of fused-ring (bicyclic) bond motifs is 3. The van der Waals surface area contributed by atoms with Gasteiger partial charge in [0.15, 0.2) is 0 Å². The number of thiophene rings is 1. The second-order valence-corrected chi connectivity index (χ2v) is 8.91. The third-order valence-electron chi connectivity index (χ3n) is 4.82. The molecule has 2 aromatic heterocycles. The van der Waals surface area contributed by atoms with E-state index in [-0.39, 0.29) is 5.91 Å². The van der Waals surface area contributed by atoms with Crippen LogP contribution in [0, 0.1) is 12.8 Å². The van der Waals surface area contributed by atoms with Crippen molar-refractivity contribution in [1.82, 2.24) is 9.97 Å². The monoisotopic (exact) mass is 383 g/mol. The minimum Gasteiger partial charge on any atom is -0.325 e. The first-order valence-electron chi connectivity index (χ1n) is 8.85. The highest BCUT2D eigenvalue weighted by molar-refractivity contribution is 8.00. The first-order chi connectivity index (χ1) is 12.6. The molecule has 0 unspecified atom stereocenters. The van der Waals surface area contributed by atoms with Crippen LogP contribution < -0.4 is 5.32 Å². The minimum absolute atomic E-state index is 0.00576. The Bertz CT molecular complexity index is 967. The Morgan fingerprint density at radius 3 is 3.04 bits per heavy atom. The van der Waals surface area contributed by atoms with Crippen LogP contribution in [0.3, 0.4) is 0 Å². The van der Waals surface area contributed by atoms with Crippen molar-refractivity contribution >= 4 is 44.9 Å². The SMILES string of the molecule is Cc1ccccc1NC(=O)CSc1ncnc2sc3c(c12)CC[C@@H](C)C3. The highest BCUT2D eigenvalue weighted by atomic mass is 32.2. The van der Waals surface area contributed by atoms with Crippen LogP contribution >= 0.6 is 23.1 Å². The molecule has 6 heteroatoms. The maximum absolute atomic E-state index is 12.4. The Balaban J connectivity index is 1.52. The van der Waals surface area contributed by atoms with Crippen molar-refractivity contribution in [3.05, 3.63) is 46.6 Å². The number of carbonyl (C=O) groups excluding carboxylic acids is 1. The van der Waals surface area contributed by atoms with E-state index in [0.29, 0.717) is 5.75 Å². The van der Waals surface area contributed by atoms with E-state index in [1.54, 1.807) is 17.7 Å². The van der Waals surface area contributed by atoms with Crippen molar-refractivity contribution in [2.75, 3.05) is 11.1 Å². The van der Waals surface area contributed by atoms with Gasteiger partial charge in [0, 0.05) is 16.0 Å². The summed E-state index contributed by atoms with van der Waals surface area (Å²) in [6, 6.07) is 7.83. The molecule has 0 saturated heterocycles. The summed E-state index contributed by atoms with van der Waals surface area (Å²) in [6.45, 7) is 4.31. The van der Waals surface area contributed by atoms with Gasteiger partial charge in [-0.05, 0) is 49.3 Å². The highest BCUT2D eigenvalue weighted by Gasteiger charge is 2.23. The van der Waals surface area contributed by atoms with Crippen LogP contribution in [0.4, 0.5) is 5.69 Å². The van der Waals surface area contributed by atoms with E-state index < -0.39 is 0 Å². The van der Waals surface area contributed by atoms with Crippen LogP contribution in [0.5, 0.6) is 0 Å². The van der Waals surface area contributed by atoms with Crippen LogP contribution in [0.15, 0.2) is 35.6 Å². The largest absolute Gasteiger partial charge is 0.325 e. The smallest absolute Gasteiger partial charge is 0.234 e. The summed E-state index contributed by atoms with van der Waals surface area (Å²) < 4.78 is 0. The molecule has 1 atom stereocenters. The summed E-state index contributed by atoms with van der Waals surface area (Å²) in [5.41, 5.74) is 3.34. The molecule has 3 aromatic rings. The number of aryl methyl sites for hydroxylation is 2. The van der Waals surface area contributed by atoms with E-state index in [0.717, 1.165) is 39.9 Å². The third kappa shape index (κ3) is 3.48. The number of rotatable bonds is 4. The van der Waals surface area contributed by atoms with Crippen molar-refractivity contribution in [2.24, 2.45) is 5.92 Å². The zero-order chi connectivity index (χ0) is 18.1. The van der Waals surface area contributed by atoms with Gasteiger partial charge in [0.05, 0.1) is 5.75 Å². The first-order valence-corrected chi connectivity index (χ1v) is 10.7. The van der Waals surface area contributed by atoms with Crippen LogP contribution in [0.2, 0.25) is 0 Å². The highest BCUT2D eigenvalue weighted by Crippen LogP contribution is 2.40. The molecule has 0 aliphatic heterocycles. The second-order valence-electron chi connectivity index (χ2n) is 6.86. The van der Waals surface area contributed by atoms with Gasteiger partial charge in [-0.3, -0.25) is 4.79 Å². The number of thioether (sulfide) groups is 1. The fraction of sp³-hybridized carbons (Fsp3) is 0.350. The molecule has 0 bridgehead atoms. The van der Waals surface area contributed by atoms with Crippen LogP contribution in [0.1, 0.15) is 29.3 Å². The molecule has 0 spiro atoms. The first kappa shape index (κ1) is 17.5. The van der Waals surface area contributed by atoms with Crippen molar-refractivity contribution in [3.8, 4) is 0 Å². The van der Waals surface area contributed by atoms with E-state index in [4.69, 9.17) is 0 Å². The lowest BCUT2D eigenvalue weighted by atomic mass is 9.89. The second kappa shape index (κ2) is 7.37. The molecule has 26 heavy (non-hydrogen) atoms. The van der Waals surface area contributed by atoms with E-state index in [1.807, 2.05) is 31.2 Å². The van der Waals surface area contributed by atoms with Crippen LogP contribution in [-0.2, 0) is 17.6 Å². The maximum atomic E-state index is 12.4. The van der Waals surface area contributed by atoms with E-state index >= 15 is 0 Å². The molecule has 0 fully saturated rings. The predicted molar refractivity (Wildman–Crippen MR) is 109 cm³/mol. The van der Waals surface area contributed by atoms with E-state index in [9.17, 15) is 4.79 Å². The molecular weight excluding hydrogens is 362 g/mol. The van der Waals surface area contributed by atoms with Crippen LogP contribution in [-0.4, -0.2) is 21.6 Å². The molecule has 0 radical (unpaired) electrons. The van der Waals surface area contributed by atoms with Crippen LogP contribution in [0.25, 0.3) is 10.2 Å². The Labute approximate surface area is 161 Å². The number of benzene rings is 1. The molecule has 1 aromatic carbocycles. The quantitative estimate of drug-likeness (QED) is 0.517. The Morgan fingerprint density at radius 1 is 1.35 bits per heavy atom. The number of hydrogen-bond acceptors (Lipinski definition) is 5. The van der Waals surface area contributed by atoms with Crippen molar-refractivity contribution < 1.29 is 4.79 Å². The fourth-order valence-corrected chi connectivity index (χ4v) is 5.63. The number of para-hydroxylation sites is 1. The van der Waals surface area contributed by atoms with Gasteiger partial charge in [-0.1, -0.05) is 36.9 Å². The van der Waals surface area contributed by atoms with Gasteiger partial charge in [0.25, 0.3) is 0 Å². The predicted octanol–water partition coefficient (Wildman–Crippen LogP) is 4.86. The maximum Gasteiger partial charge on any atom is 0.234 e. The standard InChI is InChI=1S/C20H21N3OS2/c1-12-7-8-14-16(9-12)26-20-18(14)19(21-11-22-20)25-10-17(24)23-15-6-4-3-5-13(15)2/h3-6,11-12H,7-10H2,1-2H3,(H,23,24)/t12-/m1/s1. The lowest BCUT2D eigenvalue weighted by Crippen LogP contribution is -2.15. The average Bonchev–Trinajstić information content (AvgIpc) is 3.00. The Morgan fingerprint density at radius 2 is 2.19 bits per heavy atom. The number of amides is 1.